The summed E-state index contributed by atoms with van der Waals surface area (Å²) in [6.07, 6.45) is -49.7. The first-order valence-electron chi connectivity index (χ1n) is 26.0. The number of fused-ring (bicyclic) bond motifs is 3. The van der Waals surface area contributed by atoms with E-state index in [2.05, 4.69) is 12.5 Å². The Kier molecular flexibility index (Phi) is 26.2. The molecule has 0 aliphatic carbocycles. The van der Waals surface area contributed by atoms with Crippen LogP contribution in [0.3, 0.4) is 0 Å². The van der Waals surface area contributed by atoms with Crippen molar-refractivity contribution in [1.29, 1.82) is 0 Å². The summed E-state index contributed by atoms with van der Waals surface area (Å²) in [5.41, 5.74) is 0.175. The lowest BCUT2D eigenvalue weighted by atomic mass is 9.83. The van der Waals surface area contributed by atoms with E-state index in [-0.39, 0.29) is 6.61 Å². The summed E-state index contributed by atoms with van der Waals surface area (Å²) in [5.74, 6) is -4.15. The third-order valence-corrected chi connectivity index (χ3v) is 17.4. The van der Waals surface area contributed by atoms with E-state index in [1.54, 1.807) is 0 Å². The number of aliphatic carboxylic acids is 2. The van der Waals surface area contributed by atoms with Crippen molar-refractivity contribution in [3.05, 3.63) is 0 Å². The SMILES string of the molecule is CCO[C@H]1[C@H](O)[C@@H](N)[C@H](O[C@H]2[C@H](OC)[C@@H](OC)[C@H](O[C@H]3[C@H](OS(=O)(=O)O)[C@@H](OS(=O)(=O)O)[C@@H](O[C@H]4[C@H](OC)[C@H]5OC[C@]4(C(=O)O)OC5O[C@H]4[C@H](OC)[C@@H](OS(=O)(=O)O)[C@@H](OC)O[C@@H]4COS(=O)(=O)O)O[C@@H]3COS(=O)(=O)O)O[C@]2(CC)C(=O)O)O[C@@H]1COS(=O)(=O)O. The van der Waals surface area contributed by atoms with E-state index in [0.29, 0.717) is 0 Å². The lowest BCUT2D eigenvalue weighted by Crippen LogP contribution is -2.78. The maximum atomic E-state index is 13.7. The number of rotatable bonds is 33. The van der Waals surface area contributed by atoms with Crippen LogP contribution in [0.1, 0.15) is 20.3 Å². The Morgan fingerprint density at radius 3 is 1.34 bits per heavy atom. The maximum Gasteiger partial charge on any atom is 0.397 e. The van der Waals surface area contributed by atoms with Gasteiger partial charge in [0.15, 0.2) is 49.3 Å². The molecule has 46 nitrogen and oxygen atoms in total. The highest BCUT2D eigenvalue weighted by Crippen LogP contribution is 2.47. The standard InChI is InChI=1S/C40H67NO45S6/c1-8-39(37(43)44)30(80-32-17(41)18(42)19(70-9-2)14(75-32)10-72-87(47,48)49)24(66-4)26(68-6)35(82-39)79-21-16(12-74-89(53,54)55)77-34(29(86-92(62,63)64)23(21)84-90(56,57)58)81-31-25(67-5)27-36(83-40(31,13-71-27)38(45)46)78-20-15(11-73-88(50,51)52)76-33(69-7)28(22(20)65-3)85-91(59,60)61/h14-36,42H,8-13,41H2,1-7H3,(H,43,44)(H,45,46)(H,47,48,49)(H,50,51,52)(H,53,54,55)(H,56,57,58)(H,59,60,61)(H,62,63,64)/t14-,15-,16-,17-,18-,19-,20-,21-,22+,23+,24-,25-,26-,27-,28-,29-,30+,31+,32+,33+,34-,35-,36?,39+,40+/m1/s1. The quantitative estimate of drug-likeness (QED) is 0.0273. The first kappa shape index (κ1) is 78.4. The number of carbonyl (C=O) groups is 2. The van der Waals surface area contributed by atoms with Gasteiger partial charge in [0.1, 0.15) is 91.6 Å². The molecule has 7 aliphatic rings. The summed E-state index contributed by atoms with van der Waals surface area (Å²) in [7, 11) is -29.6. The highest BCUT2D eigenvalue weighted by atomic mass is 32.3. The molecule has 2 bridgehead atoms. The number of methoxy groups -OCH3 is 5. The molecule has 7 saturated heterocycles. The molecule has 92 heavy (non-hydrogen) atoms. The van der Waals surface area contributed by atoms with Crippen molar-refractivity contribution in [3.8, 4) is 0 Å². The van der Waals surface area contributed by atoms with Gasteiger partial charge in [-0.2, -0.15) is 50.5 Å². The molecule has 1 unspecified atom stereocenters. The van der Waals surface area contributed by atoms with E-state index in [0.717, 1.165) is 42.5 Å². The fourth-order valence-corrected chi connectivity index (χ4v) is 13.3. The van der Waals surface area contributed by atoms with Gasteiger partial charge >= 0.3 is 74.3 Å². The van der Waals surface area contributed by atoms with Crippen LogP contribution < -0.4 is 5.73 Å². The van der Waals surface area contributed by atoms with E-state index in [1.165, 1.54) is 6.92 Å². The zero-order chi connectivity index (χ0) is 69.2. The number of carboxylic acid groups (broad SMARTS) is 2. The topological polar surface area (TPSA) is 650 Å². The summed E-state index contributed by atoms with van der Waals surface area (Å²) in [4.78, 5) is 27.4. The molecule has 0 aromatic heterocycles. The average molecular weight is 1470 g/mol. The first-order valence-corrected chi connectivity index (χ1v) is 34.2. The van der Waals surface area contributed by atoms with Gasteiger partial charge in [0, 0.05) is 42.2 Å². The summed E-state index contributed by atoms with van der Waals surface area (Å²) in [6.45, 7) is -2.81. The van der Waals surface area contributed by atoms with Crippen LogP contribution in [0.15, 0.2) is 0 Å². The fraction of sp³-hybridized carbons (Fsp3) is 0.950. The summed E-state index contributed by atoms with van der Waals surface area (Å²) >= 11 is 0. The fourth-order valence-electron chi connectivity index (χ4n) is 10.9. The van der Waals surface area contributed by atoms with Gasteiger partial charge < -0.3 is 96.8 Å². The predicted octanol–water partition coefficient (Wildman–Crippen LogP) is -7.31. The zero-order valence-corrected chi connectivity index (χ0v) is 53.2. The molecule has 0 saturated carbocycles. The van der Waals surface area contributed by atoms with Crippen LogP contribution in [0.4, 0.5) is 0 Å². The largest absolute Gasteiger partial charge is 0.479 e. The van der Waals surface area contributed by atoms with Crippen LogP contribution in [-0.2, 0) is 173 Å². The molecule has 7 heterocycles. The summed E-state index contributed by atoms with van der Waals surface area (Å²) in [6, 6.07) is -1.74. The second-order valence-electron chi connectivity index (χ2n) is 20.1. The molecule has 0 aromatic rings. The number of nitrogens with two attached hydrogens (primary N) is 1. The van der Waals surface area contributed by atoms with E-state index < -0.39 is 260 Å². The molecule has 0 spiro atoms. The number of ether oxygens (including phenoxy) is 16. The van der Waals surface area contributed by atoms with Gasteiger partial charge in [0.25, 0.3) is 0 Å². The molecule has 52 heteroatoms. The van der Waals surface area contributed by atoms with E-state index in [1.807, 2.05) is 0 Å². The molecule has 25 atom stereocenters. The lowest BCUT2D eigenvalue weighted by Gasteiger charge is -2.57. The summed E-state index contributed by atoms with van der Waals surface area (Å²) in [5, 5.41) is 33.3. The van der Waals surface area contributed by atoms with E-state index in [4.69, 9.17) is 94.1 Å². The van der Waals surface area contributed by atoms with Gasteiger partial charge in [-0.3, -0.25) is 27.3 Å². The molecule has 7 fully saturated rings. The van der Waals surface area contributed by atoms with Gasteiger partial charge in [0.2, 0.25) is 5.60 Å². The van der Waals surface area contributed by atoms with Crippen LogP contribution in [0.5, 0.6) is 0 Å². The van der Waals surface area contributed by atoms with Crippen molar-refractivity contribution < 1.29 is 204 Å². The lowest BCUT2D eigenvalue weighted by molar-refractivity contribution is -0.429. The minimum absolute atomic E-state index is 0.159. The number of aliphatic hydroxyl groups is 1. The minimum Gasteiger partial charge on any atom is -0.479 e. The van der Waals surface area contributed by atoms with Crippen molar-refractivity contribution in [2.75, 3.05) is 68.6 Å². The highest BCUT2D eigenvalue weighted by molar-refractivity contribution is 7.82. The molecule has 11 N–H and O–H groups in total. The van der Waals surface area contributed by atoms with Crippen molar-refractivity contribution >= 4 is 74.3 Å². The smallest absolute Gasteiger partial charge is 0.397 e. The second-order valence-corrected chi connectivity index (χ2v) is 26.5. The molecular formula is C40H67NO45S6. The van der Waals surface area contributed by atoms with Gasteiger partial charge in [-0.15, -0.1) is 0 Å². The molecule has 538 valence electrons. The normalized spacial score (nSPS) is 40.1. The minimum atomic E-state index is -6.16. The third kappa shape index (κ3) is 18.8. The molecule has 0 amide bonds. The van der Waals surface area contributed by atoms with Gasteiger partial charge in [0.05, 0.1) is 32.5 Å². The Morgan fingerprint density at radius 1 is 0.467 bits per heavy atom. The Morgan fingerprint density at radius 2 is 0.902 bits per heavy atom. The Labute approximate surface area is 523 Å². The van der Waals surface area contributed by atoms with Gasteiger partial charge in [-0.1, -0.05) is 6.92 Å². The molecule has 7 rings (SSSR count). The Hall–Kier alpha value is -2.56. The van der Waals surface area contributed by atoms with Crippen molar-refractivity contribution in [2.24, 2.45) is 5.73 Å². The van der Waals surface area contributed by atoms with Crippen LogP contribution in [0.25, 0.3) is 0 Å². The third-order valence-electron chi connectivity index (χ3n) is 14.7. The number of hydrogen-bond acceptors (Lipinski definition) is 38. The Balaban J connectivity index is 1.43. The molecule has 0 radical (unpaired) electrons. The van der Waals surface area contributed by atoms with E-state index in [9.17, 15) is 103 Å². The van der Waals surface area contributed by atoms with E-state index >= 15 is 0 Å². The van der Waals surface area contributed by atoms with Gasteiger partial charge in [-0.05, 0) is 13.3 Å². The van der Waals surface area contributed by atoms with Crippen molar-refractivity contribution in [3.63, 3.8) is 0 Å². The number of carboxylic acids is 2. The van der Waals surface area contributed by atoms with Crippen molar-refractivity contribution in [1.82, 2.24) is 0 Å². The average Bonchev–Trinajstić information content (AvgIpc) is 0.728. The monoisotopic (exact) mass is 1470 g/mol. The summed E-state index contributed by atoms with van der Waals surface area (Å²) < 4.78 is 325. The number of aliphatic hydroxyl groups excluding tert-OH is 1. The van der Waals surface area contributed by atoms with Crippen molar-refractivity contribution in [2.45, 2.75) is 173 Å². The van der Waals surface area contributed by atoms with Crippen LogP contribution in [-0.4, -0.2) is 326 Å². The molecular weight excluding hydrogens is 1410 g/mol. The molecule has 7 aliphatic heterocycles. The number of hydrogen-bond donors (Lipinski definition) is 10. The molecule has 0 aromatic carbocycles. The van der Waals surface area contributed by atoms with Crippen LogP contribution in [0.2, 0.25) is 0 Å². The maximum absolute atomic E-state index is 13.7. The van der Waals surface area contributed by atoms with Gasteiger partial charge in [-0.25, -0.2) is 34.7 Å². The van der Waals surface area contributed by atoms with Crippen LogP contribution >= 0.6 is 0 Å². The first-order chi connectivity index (χ1) is 42.4. The second kappa shape index (κ2) is 30.7. The van der Waals surface area contributed by atoms with Crippen LogP contribution in [0, 0.1) is 0 Å². The predicted molar refractivity (Wildman–Crippen MR) is 277 cm³/mol. The Bertz CT molecular complexity index is 3220. The zero-order valence-electron chi connectivity index (χ0n) is 48.3. The highest BCUT2D eigenvalue weighted by Gasteiger charge is 2.70.